The monoisotopic (exact) mass is 270 g/mol. The predicted molar refractivity (Wildman–Crippen MR) is 74.8 cm³/mol. The van der Waals surface area contributed by atoms with E-state index in [0.717, 1.165) is 6.42 Å². The van der Waals surface area contributed by atoms with Crippen LogP contribution in [0.2, 0.25) is 0 Å². The van der Waals surface area contributed by atoms with E-state index in [0.29, 0.717) is 23.8 Å². The van der Waals surface area contributed by atoms with E-state index in [1.807, 2.05) is 12.1 Å². The minimum atomic E-state index is -0.390. The van der Waals surface area contributed by atoms with E-state index in [9.17, 15) is 9.18 Å². The van der Waals surface area contributed by atoms with Crippen molar-refractivity contribution in [3.05, 3.63) is 65.0 Å². The Morgan fingerprint density at radius 3 is 2.85 bits per heavy atom. The van der Waals surface area contributed by atoms with Gasteiger partial charge in [0, 0.05) is 12.0 Å². The van der Waals surface area contributed by atoms with Crippen LogP contribution in [0.25, 0.3) is 0 Å². The van der Waals surface area contributed by atoms with Gasteiger partial charge in [-0.3, -0.25) is 4.79 Å². The highest BCUT2D eigenvalue weighted by atomic mass is 19.1. The quantitative estimate of drug-likeness (QED) is 0.791. The van der Waals surface area contributed by atoms with Crippen LogP contribution in [0.1, 0.15) is 34.3 Å². The molecule has 0 aromatic heterocycles. The van der Waals surface area contributed by atoms with Crippen molar-refractivity contribution < 1.29 is 13.9 Å². The molecular formula is C17H15FO2. The first-order chi connectivity index (χ1) is 9.65. The van der Waals surface area contributed by atoms with Crippen molar-refractivity contribution in [3.8, 4) is 5.75 Å². The third-order valence-electron chi connectivity index (χ3n) is 3.72. The molecule has 0 spiro atoms. The molecule has 0 bridgehead atoms. The fraction of sp³-hybridized carbons (Fsp3) is 0.235. The average molecular weight is 270 g/mol. The summed E-state index contributed by atoms with van der Waals surface area (Å²) in [4.78, 5) is 11.5. The molecule has 102 valence electrons. The van der Waals surface area contributed by atoms with Crippen LogP contribution in [0.4, 0.5) is 4.39 Å². The smallest absolute Gasteiger partial charge is 0.163 e. The normalized spacial score (nSPS) is 16.2. The summed E-state index contributed by atoms with van der Waals surface area (Å²) in [5.74, 6) is 0.157. The molecule has 3 heteroatoms. The third kappa shape index (κ3) is 2.31. The zero-order valence-corrected chi connectivity index (χ0v) is 11.2. The maximum absolute atomic E-state index is 13.3. The molecule has 0 fully saturated rings. The highest BCUT2D eigenvalue weighted by Gasteiger charge is 2.26. The Morgan fingerprint density at radius 1 is 1.30 bits per heavy atom. The number of hydrogen-bond acceptors (Lipinski definition) is 2. The van der Waals surface area contributed by atoms with Gasteiger partial charge in [-0.05, 0) is 36.6 Å². The fourth-order valence-electron chi connectivity index (χ4n) is 2.61. The molecule has 20 heavy (non-hydrogen) atoms. The number of fused-ring (bicyclic) bond motifs is 1. The number of benzene rings is 2. The fourth-order valence-corrected chi connectivity index (χ4v) is 2.61. The SMILES string of the molecule is CC(=O)c1ccc(F)cc1OCC1Cc2ccccc21. The van der Waals surface area contributed by atoms with Gasteiger partial charge in [-0.2, -0.15) is 0 Å². The molecule has 1 atom stereocenters. The molecule has 0 radical (unpaired) electrons. The van der Waals surface area contributed by atoms with Gasteiger partial charge < -0.3 is 4.74 Å². The van der Waals surface area contributed by atoms with Crippen molar-refractivity contribution >= 4 is 5.78 Å². The van der Waals surface area contributed by atoms with Gasteiger partial charge in [0.05, 0.1) is 12.2 Å². The van der Waals surface area contributed by atoms with Gasteiger partial charge in [-0.25, -0.2) is 4.39 Å². The number of ether oxygens (including phenoxy) is 1. The Labute approximate surface area is 117 Å². The lowest BCUT2D eigenvalue weighted by molar-refractivity contribution is 0.101. The average Bonchev–Trinajstić information content (AvgIpc) is 2.39. The summed E-state index contributed by atoms with van der Waals surface area (Å²) in [6.45, 7) is 1.93. The number of halogens is 1. The minimum Gasteiger partial charge on any atom is -0.492 e. The topological polar surface area (TPSA) is 26.3 Å². The van der Waals surface area contributed by atoms with E-state index >= 15 is 0 Å². The lowest BCUT2D eigenvalue weighted by Crippen LogP contribution is -2.23. The first kappa shape index (κ1) is 12.9. The van der Waals surface area contributed by atoms with Crippen molar-refractivity contribution in [3.63, 3.8) is 0 Å². The van der Waals surface area contributed by atoms with Crippen LogP contribution >= 0.6 is 0 Å². The van der Waals surface area contributed by atoms with Crippen molar-refractivity contribution in [1.29, 1.82) is 0 Å². The Hall–Kier alpha value is -2.16. The maximum Gasteiger partial charge on any atom is 0.163 e. The van der Waals surface area contributed by atoms with Gasteiger partial charge in [0.1, 0.15) is 11.6 Å². The zero-order valence-electron chi connectivity index (χ0n) is 11.2. The molecule has 0 amide bonds. The molecule has 2 aromatic carbocycles. The van der Waals surface area contributed by atoms with Gasteiger partial charge in [-0.15, -0.1) is 0 Å². The molecule has 2 nitrogen and oxygen atoms in total. The first-order valence-corrected chi connectivity index (χ1v) is 6.66. The van der Waals surface area contributed by atoms with Crippen molar-refractivity contribution in [2.75, 3.05) is 6.61 Å². The van der Waals surface area contributed by atoms with E-state index in [4.69, 9.17) is 4.74 Å². The van der Waals surface area contributed by atoms with Crippen LogP contribution in [-0.4, -0.2) is 12.4 Å². The number of hydrogen-bond donors (Lipinski definition) is 0. The van der Waals surface area contributed by atoms with Crippen LogP contribution in [0.5, 0.6) is 5.75 Å². The molecule has 0 N–H and O–H groups in total. The van der Waals surface area contributed by atoms with Crippen molar-refractivity contribution in [1.82, 2.24) is 0 Å². The van der Waals surface area contributed by atoms with E-state index in [-0.39, 0.29) is 11.6 Å². The molecule has 2 aromatic rings. The molecule has 1 aliphatic carbocycles. The first-order valence-electron chi connectivity index (χ1n) is 6.66. The second kappa shape index (κ2) is 5.08. The van der Waals surface area contributed by atoms with Gasteiger partial charge >= 0.3 is 0 Å². The Morgan fingerprint density at radius 2 is 2.10 bits per heavy atom. The van der Waals surface area contributed by atoms with Gasteiger partial charge in [-0.1, -0.05) is 24.3 Å². The summed E-state index contributed by atoms with van der Waals surface area (Å²) in [6, 6.07) is 12.3. The number of Topliss-reactive ketones (excluding diaryl/α,β-unsaturated/α-hetero) is 1. The molecular weight excluding hydrogens is 255 g/mol. The molecule has 1 unspecified atom stereocenters. The van der Waals surface area contributed by atoms with Crippen LogP contribution in [-0.2, 0) is 6.42 Å². The number of ketones is 1. The summed E-state index contributed by atoms with van der Waals surface area (Å²) in [6.07, 6.45) is 0.973. The lowest BCUT2D eigenvalue weighted by atomic mass is 9.78. The van der Waals surface area contributed by atoms with Crippen LogP contribution in [0.15, 0.2) is 42.5 Å². The molecule has 3 rings (SSSR count). The second-order valence-corrected chi connectivity index (χ2v) is 5.11. The van der Waals surface area contributed by atoms with E-state index in [1.165, 1.54) is 36.2 Å². The number of rotatable bonds is 4. The van der Waals surface area contributed by atoms with Gasteiger partial charge in [0.15, 0.2) is 5.78 Å². The van der Waals surface area contributed by atoms with E-state index in [1.54, 1.807) is 0 Å². The van der Waals surface area contributed by atoms with Crippen LogP contribution in [0.3, 0.4) is 0 Å². The number of carbonyl (C=O) groups is 1. The molecule has 1 aliphatic rings. The summed E-state index contributed by atoms with van der Waals surface area (Å²) in [5.41, 5.74) is 3.06. The largest absolute Gasteiger partial charge is 0.492 e. The van der Waals surface area contributed by atoms with Gasteiger partial charge in [0.25, 0.3) is 0 Å². The standard InChI is InChI=1S/C17H15FO2/c1-11(19)15-7-6-14(18)9-17(15)20-10-13-8-12-4-2-3-5-16(12)13/h2-7,9,13H,8,10H2,1H3. The summed E-state index contributed by atoms with van der Waals surface area (Å²) >= 11 is 0. The van der Waals surface area contributed by atoms with E-state index in [2.05, 4.69) is 12.1 Å². The summed E-state index contributed by atoms with van der Waals surface area (Å²) < 4.78 is 19.0. The Kier molecular flexibility index (Phi) is 3.26. The maximum atomic E-state index is 13.3. The third-order valence-corrected chi connectivity index (χ3v) is 3.72. The summed E-state index contributed by atoms with van der Waals surface area (Å²) in [5, 5.41) is 0. The minimum absolute atomic E-state index is 0.117. The molecule has 0 saturated carbocycles. The van der Waals surface area contributed by atoms with Crippen molar-refractivity contribution in [2.45, 2.75) is 19.3 Å². The van der Waals surface area contributed by atoms with Crippen molar-refractivity contribution in [2.24, 2.45) is 0 Å². The van der Waals surface area contributed by atoms with E-state index < -0.39 is 0 Å². The highest BCUT2D eigenvalue weighted by Crippen LogP contribution is 2.35. The summed E-state index contributed by atoms with van der Waals surface area (Å²) in [7, 11) is 0. The Bertz CT molecular complexity index is 664. The number of carbonyl (C=O) groups excluding carboxylic acids is 1. The van der Waals surface area contributed by atoms with Crippen LogP contribution in [0, 0.1) is 5.82 Å². The van der Waals surface area contributed by atoms with Crippen LogP contribution < -0.4 is 4.74 Å². The second-order valence-electron chi connectivity index (χ2n) is 5.11. The molecule has 0 heterocycles. The molecule has 0 aliphatic heterocycles. The zero-order chi connectivity index (χ0) is 14.1. The van der Waals surface area contributed by atoms with Gasteiger partial charge in [0.2, 0.25) is 0 Å². The molecule has 0 saturated heterocycles. The Balaban J connectivity index is 1.74. The predicted octanol–water partition coefficient (Wildman–Crippen LogP) is 3.75. The lowest BCUT2D eigenvalue weighted by Gasteiger charge is -2.30. The highest BCUT2D eigenvalue weighted by molar-refractivity contribution is 5.96.